The highest BCUT2D eigenvalue weighted by Crippen LogP contribution is 2.24. The van der Waals surface area contributed by atoms with Crippen LogP contribution in [0.2, 0.25) is 10.3 Å². The summed E-state index contributed by atoms with van der Waals surface area (Å²) >= 11 is 20.8. The lowest BCUT2D eigenvalue weighted by atomic mass is 10.1. The van der Waals surface area contributed by atoms with E-state index in [1.54, 1.807) is 0 Å². The van der Waals surface area contributed by atoms with Crippen LogP contribution in [0.3, 0.4) is 0 Å². The Balaban J connectivity index is 0.000000288. The van der Waals surface area contributed by atoms with Gasteiger partial charge in [-0.2, -0.15) is 0 Å². The van der Waals surface area contributed by atoms with Crippen molar-refractivity contribution in [3.8, 4) is 0 Å². The van der Waals surface area contributed by atoms with E-state index in [1.165, 1.54) is 0 Å². The maximum Gasteiger partial charge on any atom is 0.164 e. The molecule has 0 saturated carbocycles. The fourth-order valence-electron chi connectivity index (χ4n) is 1.75. The minimum Gasteiger partial charge on any atom is -0.382 e. The largest absolute Gasteiger partial charge is 0.382 e. The van der Waals surface area contributed by atoms with Crippen LogP contribution in [-0.4, -0.2) is 19.9 Å². The zero-order valence-corrected chi connectivity index (χ0v) is 19.2. The molecule has 0 unspecified atom stereocenters. The first kappa shape index (κ1) is 24.0. The van der Waals surface area contributed by atoms with Gasteiger partial charge in [0.1, 0.15) is 19.6 Å². The van der Waals surface area contributed by atoms with Crippen LogP contribution in [0.4, 0.5) is 11.6 Å². The average molecular weight is 602 g/mol. The van der Waals surface area contributed by atoms with Crippen molar-refractivity contribution < 1.29 is 0 Å². The number of aromatic nitrogens is 4. The zero-order valence-electron chi connectivity index (χ0n) is 12.9. The molecule has 6 nitrogen and oxygen atoms in total. The number of hydrogen-bond acceptors (Lipinski definition) is 6. The summed E-state index contributed by atoms with van der Waals surface area (Å²) in [5.41, 5.74) is 13.0. The third kappa shape index (κ3) is 7.15. The van der Waals surface area contributed by atoms with Crippen LogP contribution in [0.5, 0.6) is 0 Å². The van der Waals surface area contributed by atoms with Crippen molar-refractivity contribution in [1.29, 1.82) is 0 Å². The molecule has 0 atom stereocenters. The lowest BCUT2D eigenvalue weighted by Crippen LogP contribution is -2.03. The molecule has 0 aliphatic rings. The van der Waals surface area contributed by atoms with Gasteiger partial charge in [-0.15, -0.1) is 0 Å². The summed E-state index contributed by atoms with van der Waals surface area (Å²) in [7, 11) is 0. The molecule has 11 heteroatoms. The number of benzene rings is 1. The molecule has 0 amide bonds. The number of nitrogen functional groups attached to an aromatic ring is 2. The van der Waals surface area contributed by atoms with Gasteiger partial charge >= 0.3 is 0 Å². The molecule has 0 spiro atoms. The first-order chi connectivity index (χ1) is 12.3. The SMILES string of the molecule is C.Nc1nc(Cl)c(Br)nc1Br.Nc1nc(Cl)c(Br)nc1Cc1ccccc1. The molecule has 1 aromatic carbocycles. The van der Waals surface area contributed by atoms with Crippen LogP contribution in [-0.2, 0) is 6.42 Å². The highest BCUT2D eigenvalue weighted by Gasteiger charge is 2.08. The van der Waals surface area contributed by atoms with E-state index < -0.39 is 0 Å². The van der Waals surface area contributed by atoms with E-state index in [0.29, 0.717) is 26.0 Å². The van der Waals surface area contributed by atoms with E-state index >= 15 is 0 Å². The third-order valence-electron chi connectivity index (χ3n) is 2.93. The molecular formula is C16H15Br3Cl2N6. The number of rotatable bonds is 2. The third-order valence-corrected chi connectivity index (χ3v) is 5.60. The number of anilines is 2. The number of hydrogen-bond donors (Lipinski definition) is 2. The topological polar surface area (TPSA) is 104 Å². The lowest BCUT2D eigenvalue weighted by molar-refractivity contribution is 1.02. The quantitative estimate of drug-likeness (QED) is 0.377. The summed E-state index contributed by atoms with van der Waals surface area (Å²) in [6.07, 6.45) is 0.648. The standard InChI is InChI=1S/C11H9BrClN3.C4H2Br2ClN3.CH4/c12-9-10(13)16-11(14)8(15-9)6-7-4-2-1-3-5-7;5-1-3(7)10-4(8)2(6)9-1;/h1-5H,6H2,(H2,14,16);(H2,8,10);1H4. The van der Waals surface area contributed by atoms with Crippen molar-refractivity contribution >= 4 is 82.6 Å². The number of halogens is 5. The molecule has 2 heterocycles. The van der Waals surface area contributed by atoms with Crippen molar-refractivity contribution in [2.45, 2.75) is 13.8 Å². The second kappa shape index (κ2) is 11.1. The molecule has 0 bridgehead atoms. The molecule has 27 heavy (non-hydrogen) atoms. The molecule has 144 valence electrons. The normalized spacial score (nSPS) is 9.81. The Morgan fingerprint density at radius 2 is 1.26 bits per heavy atom. The van der Waals surface area contributed by atoms with Gasteiger partial charge in [-0.1, -0.05) is 61.0 Å². The first-order valence-electron chi connectivity index (χ1n) is 6.93. The van der Waals surface area contributed by atoms with Gasteiger partial charge in [-0.3, -0.25) is 0 Å². The van der Waals surface area contributed by atoms with Crippen LogP contribution in [0.1, 0.15) is 18.7 Å². The summed E-state index contributed by atoms with van der Waals surface area (Å²) in [6.45, 7) is 0. The fourth-order valence-corrected chi connectivity index (χ4v) is 3.08. The monoisotopic (exact) mass is 598 g/mol. The Kier molecular flexibility index (Phi) is 9.89. The van der Waals surface area contributed by atoms with Gasteiger partial charge in [0.25, 0.3) is 0 Å². The minimum atomic E-state index is 0. The summed E-state index contributed by atoms with van der Waals surface area (Å²) in [5, 5.41) is 0.551. The predicted molar refractivity (Wildman–Crippen MR) is 122 cm³/mol. The van der Waals surface area contributed by atoms with E-state index in [4.69, 9.17) is 34.7 Å². The van der Waals surface area contributed by atoms with Gasteiger partial charge in [0.2, 0.25) is 0 Å². The molecule has 3 aromatic rings. The van der Waals surface area contributed by atoms with Gasteiger partial charge in [0.05, 0.1) is 5.69 Å². The Morgan fingerprint density at radius 1 is 0.741 bits per heavy atom. The maximum atomic E-state index is 5.79. The number of nitrogens with two attached hydrogens (primary N) is 2. The predicted octanol–water partition coefficient (Wildman–Crippen LogP) is 5.94. The highest BCUT2D eigenvalue weighted by atomic mass is 79.9. The van der Waals surface area contributed by atoms with Gasteiger partial charge in [0, 0.05) is 6.42 Å². The minimum absolute atomic E-state index is 0. The zero-order chi connectivity index (χ0) is 19.3. The Bertz CT molecular complexity index is 862. The van der Waals surface area contributed by atoms with Gasteiger partial charge in [0.15, 0.2) is 16.1 Å². The van der Waals surface area contributed by atoms with E-state index in [1.807, 2.05) is 30.3 Å². The summed E-state index contributed by atoms with van der Waals surface area (Å²) in [6, 6.07) is 9.96. The van der Waals surface area contributed by atoms with Crippen molar-refractivity contribution in [1.82, 2.24) is 19.9 Å². The Labute approximate surface area is 192 Å². The highest BCUT2D eigenvalue weighted by molar-refractivity contribution is 9.11. The van der Waals surface area contributed by atoms with Gasteiger partial charge in [-0.25, -0.2) is 19.9 Å². The van der Waals surface area contributed by atoms with Crippen molar-refractivity contribution in [3.05, 3.63) is 65.7 Å². The summed E-state index contributed by atoms with van der Waals surface area (Å²) in [4.78, 5) is 15.9. The molecule has 0 radical (unpaired) electrons. The smallest absolute Gasteiger partial charge is 0.164 e. The van der Waals surface area contributed by atoms with Crippen molar-refractivity contribution in [2.24, 2.45) is 0 Å². The van der Waals surface area contributed by atoms with E-state index in [9.17, 15) is 0 Å². The summed E-state index contributed by atoms with van der Waals surface area (Å²) < 4.78 is 1.49. The molecule has 0 saturated heterocycles. The molecule has 3 rings (SSSR count). The maximum absolute atomic E-state index is 5.79. The first-order valence-corrected chi connectivity index (χ1v) is 10.1. The molecule has 0 aliphatic heterocycles. The fraction of sp³-hybridized carbons (Fsp3) is 0.125. The second-order valence-electron chi connectivity index (χ2n) is 4.78. The van der Waals surface area contributed by atoms with Crippen molar-refractivity contribution in [2.75, 3.05) is 11.5 Å². The molecular weight excluding hydrogens is 587 g/mol. The van der Waals surface area contributed by atoms with Crippen LogP contribution >= 0.6 is 71.0 Å². The number of nitrogens with zero attached hydrogens (tertiary/aromatic N) is 4. The van der Waals surface area contributed by atoms with Gasteiger partial charge < -0.3 is 11.5 Å². The molecule has 0 fully saturated rings. The Morgan fingerprint density at radius 3 is 1.81 bits per heavy atom. The van der Waals surface area contributed by atoms with E-state index in [-0.39, 0.29) is 23.6 Å². The summed E-state index contributed by atoms with van der Waals surface area (Å²) in [5.74, 6) is 0.658. The van der Waals surface area contributed by atoms with Gasteiger partial charge in [-0.05, 0) is 53.4 Å². The molecule has 0 aliphatic carbocycles. The van der Waals surface area contributed by atoms with Crippen LogP contribution < -0.4 is 11.5 Å². The van der Waals surface area contributed by atoms with E-state index in [2.05, 4.69) is 67.7 Å². The van der Waals surface area contributed by atoms with Crippen LogP contribution in [0.25, 0.3) is 0 Å². The Hall–Kier alpha value is -1.00. The van der Waals surface area contributed by atoms with Crippen LogP contribution in [0, 0.1) is 0 Å². The van der Waals surface area contributed by atoms with Crippen molar-refractivity contribution in [3.63, 3.8) is 0 Å². The molecule has 2 aromatic heterocycles. The molecule has 4 N–H and O–H groups in total. The second-order valence-corrected chi connectivity index (χ2v) is 7.75. The van der Waals surface area contributed by atoms with Crippen LogP contribution in [0.15, 0.2) is 44.1 Å². The lowest BCUT2D eigenvalue weighted by Gasteiger charge is -2.05. The van der Waals surface area contributed by atoms with E-state index in [0.717, 1.165) is 11.3 Å². The average Bonchev–Trinajstić information content (AvgIpc) is 2.59.